The molecule has 3 fully saturated rings. The summed E-state index contributed by atoms with van der Waals surface area (Å²) in [4.78, 5) is 11.4. The van der Waals surface area contributed by atoms with Gasteiger partial charge in [0.2, 0.25) is 0 Å². The van der Waals surface area contributed by atoms with Crippen LogP contribution >= 0.6 is 0 Å². The summed E-state index contributed by atoms with van der Waals surface area (Å²) in [5, 5.41) is 21.4. The lowest BCUT2D eigenvalue weighted by Gasteiger charge is -2.37. The Kier molecular flexibility index (Phi) is 2.26. The molecule has 0 aromatic carbocycles. The molecular weight excluding hydrogens is 244 g/mol. The van der Waals surface area contributed by atoms with Crippen LogP contribution in [0.5, 0.6) is 0 Å². The number of nitrogens with zero attached hydrogens (tertiary/aromatic N) is 4. The maximum atomic E-state index is 11.4. The molecule has 0 aliphatic heterocycles. The molecule has 6 nitrogen and oxygen atoms in total. The fourth-order valence-corrected chi connectivity index (χ4v) is 3.87. The normalized spacial score (nSPS) is 34.6. The van der Waals surface area contributed by atoms with Gasteiger partial charge in [-0.2, -0.15) is 0 Å². The van der Waals surface area contributed by atoms with Crippen molar-refractivity contribution in [3.63, 3.8) is 0 Å². The van der Waals surface area contributed by atoms with Crippen LogP contribution in [0.4, 0.5) is 0 Å². The fraction of sp³-hybridized carbons (Fsp3) is 0.846. The van der Waals surface area contributed by atoms with Gasteiger partial charge < -0.3 is 5.11 Å². The quantitative estimate of drug-likeness (QED) is 0.888. The maximum absolute atomic E-state index is 11.4. The Hall–Kier alpha value is -1.46. The van der Waals surface area contributed by atoms with E-state index in [2.05, 4.69) is 15.5 Å². The van der Waals surface area contributed by atoms with Crippen molar-refractivity contribution in [3.8, 4) is 0 Å². The molecule has 6 heteroatoms. The van der Waals surface area contributed by atoms with Crippen LogP contribution in [0.1, 0.15) is 50.3 Å². The molecule has 0 spiro atoms. The molecule has 3 saturated carbocycles. The van der Waals surface area contributed by atoms with Crippen molar-refractivity contribution in [2.45, 2.75) is 51.0 Å². The van der Waals surface area contributed by atoms with Gasteiger partial charge in [-0.05, 0) is 54.4 Å². The number of aromatic nitrogens is 4. The largest absolute Gasteiger partial charge is 0.481 e. The number of carbonyl (C=O) groups is 1. The highest BCUT2D eigenvalue weighted by molar-refractivity contribution is 5.75. The molecule has 1 N–H and O–H groups in total. The van der Waals surface area contributed by atoms with E-state index in [1.165, 1.54) is 19.3 Å². The van der Waals surface area contributed by atoms with Crippen LogP contribution in [-0.4, -0.2) is 31.3 Å². The number of hydrogen-bond acceptors (Lipinski definition) is 4. The van der Waals surface area contributed by atoms with E-state index < -0.39 is 11.4 Å². The van der Waals surface area contributed by atoms with E-state index in [9.17, 15) is 9.90 Å². The number of carboxylic acids is 1. The third-order valence-electron chi connectivity index (χ3n) is 5.39. The molecule has 1 heterocycles. The number of carboxylic acid groups (broad SMARTS) is 1. The molecule has 2 unspecified atom stereocenters. The van der Waals surface area contributed by atoms with E-state index >= 15 is 0 Å². The van der Waals surface area contributed by atoms with E-state index in [4.69, 9.17) is 0 Å². The maximum Gasteiger partial charge on any atom is 0.311 e. The second-order valence-electron chi connectivity index (χ2n) is 6.56. The van der Waals surface area contributed by atoms with Crippen molar-refractivity contribution in [1.82, 2.24) is 20.2 Å². The van der Waals surface area contributed by atoms with E-state index in [1.54, 1.807) is 4.68 Å². The number of rotatable bonds is 4. The van der Waals surface area contributed by atoms with Crippen LogP contribution in [0.15, 0.2) is 0 Å². The predicted molar refractivity (Wildman–Crippen MR) is 65.3 cm³/mol. The van der Waals surface area contributed by atoms with Gasteiger partial charge in [0.25, 0.3) is 0 Å². The topological polar surface area (TPSA) is 80.9 Å². The van der Waals surface area contributed by atoms with Gasteiger partial charge in [-0.1, -0.05) is 6.42 Å². The fourth-order valence-electron chi connectivity index (χ4n) is 3.87. The van der Waals surface area contributed by atoms with E-state index in [-0.39, 0.29) is 0 Å². The summed E-state index contributed by atoms with van der Waals surface area (Å²) in [7, 11) is 0. The predicted octanol–water partition coefficient (Wildman–Crippen LogP) is 1.44. The Morgan fingerprint density at radius 2 is 2.05 bits per heavy atom. The molecule has 0 amide bonds. The van der Waals surface area contributed by atoms with Crippen LogP contribution in [0.3, 0.4) is 0 Å². The lowest BCUT2D eigenvalue weighted by atomic mass is 9.69. The van der Waals surface area contributed by atoms with E-state index in [0.717, 1.165) is 36.9 Å². The molecular formula is C13H18N4O2. The zero-order valence-electron chi connectivity index (χ0n) is 10.8. The summed E-state index contributed by atoms with van der Waals surface area (Å²) in [5.74, 6) is 2.43. The van der Waals surface area contributed by atoms with Crippen molar-refractivity contribution in [2.24, 2.45) is 17.3 Å². The molecule has 1 aromatic heterocycles. The lowest BCUT2D eigenvalue weighted by Crippen LogP contribution is -2.42. The minimum Gasteiger partial charge on any atom is -0.481 e. The Morgan fingerprint density at radius 3 is 2.63 bits per heavy atom. The Morgan fingerprint density at radius 1 is 1.32 bits per heavy atom. The van der Waals surface area contributed by atoms with Gasteiger partial charge in [-0.3, -0.25) is 4.79 Å². The number of fused-ring (bicyclic) bond motifs is 1. The number of aliphatic carboxylic acids is 1. The summed E-state index contributed by atoms with van der Waals surface area (Å²) in [6.07, 6.45) is 6.24. The van der Waals surface area contributed by atoms with Gasteiger partial charge >= 0.3 is 5.97 Å². The average molecular weight is 262 g/mol. The first-order valence-electron chi connectivity index (χ1n) is 7.17. The van der Waals surface area contributed by atoms with Crippen molar-refractivity contribution >= 4 is 5.97 Å². The standard InChI is InChI=1S/C13H18N4O2/c18-12(19)13(2-1-3-13)7-17-11(14-15-16-17)10-5-8-4-9(8)6-10/h8-10H,1-7H2,(H,18,19). The molecule has 0 radical (unpaired) electrons. The molecule has 3 aliphatic rings. The van der Waals surface area contributed by atoms with Crippen LogP contribution < -0.4 is 0 Å². The molecule has 102 valence electrons. The van der Waals surface area contributed by atoms with Gasteiger partial charge in [0.15, 0.2) is 5.82 Å². The minimum atomic E-state index is -0.700. The molecule has 0 saturated heterocycles. The van der Waals surface area contributed by atoms with Crippen molar-refractivity contribution in [2.75, 3.05) is 0 Å². The highest BCUT2D eigenvalue weighted by Gasteiger charge is 2.49. The number of tetrazole rings is 1. The summed E-state index contributed by atoms with van der Waals surface area (Å²) >= 11 is 0. The van der Waals surface area contributed by atoms with Gasteiger partial charge in [0, 0.05) is 5.92 Å². The zero-order valence-corrected chi connectivity index (χ0v) is 10.8. The lowest BCUT2D eigenvalue weighted by molar-refractivity contribution is -0.156. The van der Waals surface area contributed by atoms with Gasteiger partial charge in [0.05, 0.1) is 12.0 Å². The monoisotopic (exact) mass is 262 g/mol. The second-order valence-corrected chi connectivity index (χ2v) is 6.56. The first-order chi connectivity index (χ1) is 9.18. The van der Waals surface area contributed by atoms with Crippen molar-refractivity contribution < 1.29 is 9.90 Å². The average Bonchev–Trinajstić information content (AvgIpc) is 2.77. The Labute approximate surface area is 111 Å². The van der Waals surface area contributed by atoms with Gasteiger partial charge in [0.1, 0.15) is 0 Å². The minimum absolute atomic E-state index is 0.441. The van der Waals surface area contributed by atoms with Gasteiger partial charge in [-0.25, -0.2) is 4.68 Å². The SMILES string of the molecule is O=C(O)C1(Cn2nnnc2C2CC3CC3C2)CCC1. The third-order valence-corrected chi connectivity index (χ3v) is 5.39. The third kappa shape index (κ3) is 1.69. The first-order valence-corrected chi connectivity index (χ1v) is 7.17. The molecule has 1 aromatic rings. The summed E-state index contributed by atoms with van der Waals surface area (Å²) in [6, 6.07) is 0. The van der Waals surface area contributed by atoms with Crippen LogP contribution in [-0.2, 0) is 11.3 Å². The zero-order chi connectivity index (χ0) is 13.0. The highest BCUT2D eigenvalue weighted by Crippen LogP contribution is 2.57. The molecule has 3 aliphatic carbocycles. The molecule has 4 rings (SSSR count). The highest BCUT2D eigenvalue weighted by atomic mass is 16.4. The van der Waals surface area contributed by atoms with Crippen LogP contribution in [0, 0.1) is 17.3 Å². The van der Waals surface area contributed by atoms with Crippen molar-refractivity contribution in [1.29, 1.82) is 0 Å². The second kappa shape index (κ2) is 3.77. The molecule has 0 bridgehead atoms. The Balaban J connectivity index is 1.55. The van der Waals surface area contributed by atoms with E-state index in [1.807, 2.05) is 0 Å². The summed E-state index contributed by atoms with van der Waals surface area (Å²) in [6.45, 7) is 0.441. The smallest absolute Gasteiger partial charge is 0.311 e. The number of hydrogen-bond donors (Lipinski definition) is 1. The molecule has 19 heavy (non-hydrogen) atoms. The van der Waals surface area contributed by atoms with Crippen LogP contribution in [0.2, 0.25) is 0 Å². The van der Waals surface area contributed by atoms with Crippen LogP contribution in [0.25, 0.3) is 0 Å². The van der Waals surface area contributed by atoms with Gasteiger partial charge in [-0.15, -0.1) is 5.10 Å². The van der Waals surface area contributed by atoms with E-state index in [0.29, 0.717) is 12.5 Å². The summed E-state index contributed by atoms with van der Waals surface area (Å²) in [5.41, 5.74) is -0.619. The Bertz CT molecular complexity index is 512. The summed E-state index contributed by atoms with van der Waals surface area (Å²) < 4.78 is 1.77. The van der Waals surface area contributed by atoms with Crippen molar-refractivity contribution in [3.05, 3.63) is 5.82 Å². The molecule has 2 atom stereocenters. The first kappa shape index (κ1) is 11.4.